The second-order valence-electron chi connectivity index (χ2n) is 5.46. The predicted molar refractivity (Wildman–Crippen MR) is 87.7 cm³/mol. The van der Waals surface area contributed by atoms with Crippen molar-refractivity contribution in [2.45, 2.75) is 6.18 Å². The highest BCUT2D eigenvalue weighted by Crippen LogP contribution is 2.31. The average molecular weight is 329 g/mol. The molecule has 0 saturated carbocycles. The van der Waals surface area contributed by atoms with E-state index in [1.165, 1.54) is 18.2 Å². The van der Waals surface area contributed by atoms with Crippen LogP contribution in [0, 0.1) is 0 Å². The van der Waals surface area contributed by atoms with Gasteiger partial charge in [-0.25, -0.2) is 0 Å². The molecule has 0 aliphatic carbocycles. The third kappa shape index (κ3) is 3.11. The number of allylic oxidation sites excluding steroid dienone is 2. The fraction of sp³-hybridized carbons (Fsp3) is 0.105. The minimum atomic E-state index is -4.47. The van der Waals surface area contributed by atoms with Crippen molar-refractivity contribution in [1.82, 2.24) is 0 Å². The van der Waals surface area contributed by atoms with Crippen LogP contribution >= 0.6 is 0 Å². The lowest BCUT2D eigenvalue weighted by Gasteiger charge is -2.26. The number of ketones is 1. The average Bonchev–Trinajstić information content (AvgIpc) is 2.57. The molecule has 0 radical (unpaired) electrons. The molecule has 0 aromatic heterocycles. The third-order valence-electron chi connectivity index (χ3n) is 3.87. The highest BCUT2D eigenvalue weighted by Gasteiger charge is 2.30. The van der Waals surface area contributed by atoms with Gasteiger partial charge in [0.15, 0.2) is 5.78 Å². The van der Waals surface area contributed by atoms with Gasteiger partial charge in [0, 0.05) is 30.1 Å². The van der Waals surface area contributed by atoms with E-state index in [0.717, 1.165) is 23.4 Å². The van der Waals surface area contributed by atoms with E-state index in [2.05, 4.69) is 0 Å². The molecule has 0 atom stereocenters. The van der Waals surface area contributed by atoms with E-state index in [1.54, 1.807) is 6.08 Å². The van der Waals surface area contributed by atoms with E-state index in [1.807, 2.05) is 42.3 Å². The Bertz CT molecular complexity index is 850. The van der Waals surface area contributed by atoms with Crippen molar-refractivity contribution in [1.29, 1.82) is 0 Å². The maximum Gasteiger partial charge on any atom is 0.416 e. The van der Waals surface area contributed by atoms with Gasteiger partial charge in [0.1, 0.15) is 0 Å². The summed E-state index contributed by atoms with van der Waals surface area (Å²) in [5, 5.41) is 0. The molecule has 0 spiro atoms. The monoisotopic (exact) mass is 329 g/mol. The Balaban J connectivity index is 1.92. The van der Waals surface area contributed by atoms with Gasteiger partial charge in [-0.1, -0.05) is 36.4 Å². The van der Waals surface area contributed by atoms with E-state index in [4.69, 9.17) is 0 Å². The van der Waals surface area contributed by atoms with Crippen LogP contribution in [0.4, 0.5) is 18.9 Å². The van der Waals surface area contributed by atoms with Crippen molar-refractivity contribution >= 4 is 17.5 Å². The van der Waals surface area contributed by atoms with Crippen molar-refractivity contribution < 1.29 is 18.0 Å². The summed E-state index contributed by atoms with van der Waals surface area (Å²) in [7, 11) is 1.81. The summed E-state index contributed by atoms with van der Waals surface area (Å²) in [5.41, 5.74) is 1.76. The van der Waals surface area contributed by atoms with E-state index < -0.39 is 17.5 Å². The first-order chi connectivity index (χ1) is 11.4. The number of rotatable bonds is 2. The van der Waals surface area contributed by atoms with Gasteiger partial charge in [0.2, 0.25) is 0 Å². The topological polar surface area (TPSA) is 20.3 Å². The van der Waals surface area contributed by atoms with Crippen molar-refractivity contribution in [3.8, 4) is 0 Å². The molecule has 2 aromatic rings. The SMILES string of the molecule is CN1/C(=C/C(=O)c2cccc(C(F)(F)F)c2)C=Cc2ccccc21. The van der Waals surface area contributed by atoms with Crippen molar-refractivity contribution in [2.24, 2.45) is 0 Å². The lowest BCUT2D eigenvalue weighted by atomic mass is 10.0. The molecule has 1 aliphatic heterocycles. The summed E-state index contributed by atoms with van der Waals surface area (Å²) in [4.78, 5) is 14.2. The molecule has 0 amide bonds. The molecular weight excluding hydrogens is 315 g/mol. The summed E-state index contributed by atoms with van der Waals surface area (Å²) in [6.07, 6.45) is 0.528. The van der Waals surface area contributed by atoms with E-state index >= 15 is 0 Å². The minimum absolute atomic E-state index is 0.0120. The number of carbonyl (C=O) groups excluding carboxylic acids is 1. The van der Waals surface area contributed by atoms with Crippen LogP contribution in [-0.4, -0.2) is 12.8 Å². The Morgan fingerprint density at radius 2 is 1.79 bits per heavy atom. The zero-order chi connectivity index (χ0) is 17.3. The normalized spacial score (nSPS) is 15.5. The van der Waals surface area contributed by atoms with Gasteiger partial charge >= 0.3 is 6.18 Å². The van der Waals surface area contributed by atoms with Gasteiger partial charge < -0.3 is 4.90 Å². The van der Waals surface area contributed by atoms with Crippen molar-refractivity contribution in [3.63, 3.8) is 0 Å². The molecule has 5 heteroatoms. The van der Waals surface area contributed by atoms with Crippen LogP contribution in [0.5, 0.6) is 0 Å². The highest BCUT2D eigenvalue weighted by molar-refractivity contribution is 6.06. The second kappa shape index (κ2) is 6.00. The quantitative estimate of drug-likeness (QED) is 0.575. The van der Waals surface area contributed by atoms with Gasteiger partial charge in [-0.2, -0.15) is 13.2 Å². The van der Waals surface area contributed by atoms with Crippen LogP contribution in [0.2, 0.25) is 0 Å². The molecular formula is C19H14F3NO. The Labute approximate surface area is 137 Å². The summed E-state index contributed by atoms with van der Waals surface area (Å²) in [6, 6.07) is 12.1. The van der Waals surface area contributed by atoms with Gasteiger partial charge in [0.25, 0.3) is 0 Å². The Kier molecular flexibility index (Phi) is 4.01. The van der Waals surface area contributed by atoms with Gasteiger partial charge in [-0.05, 0) is 29.8 Å². The molecule has 0 N–H and O–H groups in total. The zero-order valence-electron chi connectivity index (χ0n) is 12.8. The smallest absolute Gasteiger partial charge is 0.344 e. The number of alkyl halides is 3. The number of benzene rings is 2. The molecule has 3 rings (SSSR count). The molecule has 0 unspecified atom stereocenters. The molecule has 2 aromatic carbocycles. The number of carbonyl (C=O) groups is 1. The van der Waals surface area contributed by atoms with Crippen LogP contribution in [0.25, 0.3) is 6.08 Å². The van der Waals surface area contributed by atoms with Crippen LogP contribution in [-0.2, 0) is 6.18 Å². The number of para-hydroxylation sites is 1. The fourth-order valence-electron chi connectivity index (χ4n) is 2.57. The predicted octanol–water partition coefficient (Wildman–Crippen LogP) is 4.94. The van der Waals surface area contributed by atoms with Gasteiger partial charge in [-0.15, -0.1) is 0 Å². The maximum absolute atomic E-state index is 12.8. The molecule has 1 heterocycles. The molecule has 1 aliphatic rings. The van der Waals surface area contributed by atoms with Gasteiger partial charge in [0.05, 0.1) is 5.56 Å². The lowest BCUT2D eigenvalue weighted by molar-refractivity contribution is -0.137. The van der Waals surface area contributed by atoms with Crippen LogP contribution in [0.15, 0.2) is 66.4 Å². The first kappa shape index (κ1) is 16.1. The molecule has 0 fully saturated rings. The van der Waals surface area contributed by atoms with E-state index in [0.29, 0.717) is 5.70 Å². The van der Waals surface area contributed by atoms with Gasteiger partial charge in [-0.3, -0.25) is 4.79 Å². The number of halogens is 3. The highest BCUT2D eigenvalue weighted by atomic mass is 19.4. The summed E-state index contributed by atoms with van der Waals surface area (Å²) < 4.78 is 38.3. The van der Waals surface area contributed by atoms with Crippen LogP contribution in [0.1, 0.15) is 21.5 Å². The molecule has 122 valence electrons. The van der Waals surface area contributed by atoms with E-state index in [-0.39, 0.29) is 5.56 Å². The Hall–Kier alpha value is -2.82. The fourth-order valence-corrected chi connectivity index (χ4v) is 2.57. The largest absolute Gasteiger partial charge is 0.416 e. The minimum Gasteiger partial charge on any atom is -0.344 e. The summed E-state index contributed by atoms with van der Waals surface area (Å²) in [5.74, 6) is -0.466. The Morgan fingerprint density at radius 1 is 1.04 bits per heavy atom. The number of hydrogen-bond acceptors (Lipinski definition) is 2. The number of fused-ring (bicyclic) bond motifs is 1. The molecule has 24 heavy (non-hydrogen) atoms. The third-order valence-corrected chi connectivity index (χ3v) is 3.87. The number of hydrogen-bond donors (Lipinski definition) is 0. The van der Waals surface area contributed by atoms with E-state index in [9.17, 15) is 18.0 Å². The first-order valence-electron chi connectivity index (χ1n) is 7.30. The summed E-state index contributed by atoms with van der Waals surface area (Å²) in [6.45, 7) is 0. The summed E-state index contributed by atoms with van der Waals surface area (Å²) >= 11 is 0. The Morgan fingerprint density at radius 3 is 2.54 bits per heavy atom. The van der Waals surface area contributed by atoms with Crippen molar-refractivity contribution in [2.75, 3.05) is 11.9 Å². The molecule has 0 saturated heterocycles. The maximum atomic E-state index is 12.8. The van der Waals surface area contributed by atoms with Crippen molar-refractivity contribution in [3.05, 3.63) is 83.1 Å². The second-order valence-corrected chi connectivity index (χ2v) is 5.46. The molecule has 2 nitrogen and oxygen atoms in total. The first-order valence-corrected chi connectivity index (χ1v) is 7.30. The lowest BCUT2D eigenvalue weighted by Crippen LogP contribution is -2.19. The van der Waals surface area contributed by atoms with Crippen LogP contribution in [0.3, 0.4) is 0 Å². The zero-order valence-corrected chi connectivity index (χ0v) is 12.8. The van der Waals surface area contributed by atoms with Crippen LogP contribution < -0.4 is 4.90 Å². The number of anilines is 1. The molecule has 0 bridgehead atoms. The standard InChI is InChI=1S/C19H14F3NO/c1-23-16(10-9-13-5-2-3-8-17(13)23)12-18(24)14-6-4-7-15(11-14)19(20,21)22/h2-12H,1H3/b16-12+. The number of likely N-dealkylation sites (N-methyl/N-ethyl adjacent to an activating group) is 1. The number of nitrogens with zero attached hydrogens (tertiary/aromatic N) is 1.